The van der Waals surface area contributed by atoms with Gasteiger partial charge in [-0.2, -0.15) is 0 Å². The zero-order chi connectivity index (χ0) is 14.3. The molecule has 3 nitrogen and oxygen atoms in total. The van der Waals surface area contributed by atoms with E-state index < -0.39 is 10.4 Å². The minimum Gasteiger partial charge on any atom is -0.393 e. The minimum absolute atomic E-state index is 0.127. The molecule has 1 saturated heterocycles. The molecule has 1 saturated carbocycles. The van der Waals surface area contributed by atoms with E-state index in [-0.39, 0.29) is 17.9 Å². The number of carbonyl (C=O) groups is 1. The Hall–Kier alpha value is -0.770. The summed E-state index contributed by atoms with van der Waals surface area (Å²) in [5.41, 5.74) is 1.06. The van der Waals surface area contributed by atoms with E-state index in [1.807, 2.05) is 30.3 Å². The van der Waals surface area contributed by atoms with E-state index in [9.17, 15) is 9.90 Å². The fraction of sp³-hybridized carbons (Fsp3) is 0.533. The Kier molecular flexibility index (Phi) is 3.69. The van der Waals surface area contributed by atoms with Crippen molar-refractivity contribution in [1.82, 2.24) is 4.90 Å². The summed E-state index contributed by atoms with van der Waals surface area (Å²) in [6, 6.07) is 9.95. The van der Waals surface area contributed by atoms with Crippen molar-refractivity contribution in [3.8, 4) is 0 Å². The Labute approximate surface area is 128 Å². The average Bonchev–Trinajstić information content (AvgIpc) is 2.44. The molecular weight excluding hydrogens is 297 g/mol. The highest BCUT2D eigenvalue weighted by Crippen LogP contribution is 2.47. The fourth-order valence-corrected chi connectivity index (χ4v) is 3.99. The molecule has 2 aliphatic rings. The second kappa shape index (κ2) is 5.21. The molecule has 1 aliphatic heterocycles. The van der Waals surface area contributed by atoms with Crippen LogP contribution in [0.1, 0.15) is 24.8 Å². The molecule has 1 aromatic rings. The van der Waals surface area contributed by atoms with Crippen molar-refractivity contribution in [3.05, 3.63) is 35.9 Å². The maximum Gasteiger partial charge on any atom is 0.259 e. The van der Waals surface area contributed by atoms with Gasteiger partial charge in [0.05, 0.1) is 6.10 Å². The highest BCUT2D eigenvalue weighted by atomic mass is 35.5. The van der Waals surface area contributed by atoms with Crippen LogP contribution < -0.4 is 0 Å². The molecule has 1 heterocycles. The van der Waals surface area contributed by atoms with Gasteiger partial charge in [-0.15, -0.1) is 0 Å². The summed E-state index contributed by atoms with van der Waals surface area (Å²) in [5.74, 6) is -0.631. The van der Waals surface area contributed by atoms with Gasteiger partial charge in [-0.05, 0) is 24.8 Å². The Morgan fingerprint density at radius 2 is 1.95 bits per heavy atom. The van der Waals surface area contributed by atoms with Crippen molar-refractivity contribution < 1.29 is 9.90 Å². The number of nitrogens with zero attached hydrogens (tertiary/aromatic N) is 1. The lowest BCUT2D eigenvalue weighted by Crippen LogP contribution is -2.61. The number of hydrogen-bond donors (Lipinski definition) is 1. The zero-order valence-electron chi connectivity index (χ0n) is 11.0. The average molecular weight is 314 g/mol. The third-order valence-electron chi connectivity index (χ3n) is 4.43. The fourth-order valence-electron chi connectivity index (χ4n) is 3.30. The van der Waals surface area contributed by atoms with E-state index in [0.29, 0.717) is 19.4 Å². The van der Waals surface area contributed by atoms with E-state index >= 15 is 0 Å². The summed E-state index contributed by atoms with van der Waals surface area (Å²) in [5, 5.41) is 10.0. The summed E-state index contributed by atoms with van der Waals surface area (Å²) >= 11 is 12.5. The predicted octanol–water partition coefficient (Wildman–Crippen LogP) is 2.73. The van der Waals surface area contributed by atoms with E-state index in [1.54, 1.807) is 4.90 Å². The van der Waals surface area contributed by atoms with Gasteiger partial charge in [-0.1, -0.05) is 53.5 Å². The molecule has 5 heteroatoms. The molecule has 0 aromatic heterocycles. The van der Waals surface area contributed by atoms with Crippen LogP contribution in [0.15, 0.2) is 30.3 Å². The number of rotatable bonds is 2. The van der Waals surface area contributed by atoms with Crippen molar-refractivity contribution >= 4 is 29.1 Å². The maximum atomic E-state index is 12.6. The second-order valence-corrected chi connectivity index (χ2v) is 7.07. The molecule has 0 radical (unpaired) electrons. The SMILES string of the molecule is O=C1N(Cc2ccccc2)[C@H]2CC[C@H](O)[C@H](C2)C1(Cl)Cl. The Balaban J connectivity index is 1.86. The molecule has 0 spiro atoms. The van der Waals surface area contributed by atoms with Gasteiger partial charge < -0.3 is 10.0 Å². The van der Waals surface area contributed by atoms with E-state index in [4.69, 9.17) is 23.2 Å². The summed E-state index contributed by atoms with van der Waals surface area (Å²) < 4.78 is -1.51. The Morgan fingerprint density at radius 3 is 2.65 bits per heavy atom. The topological polar surface area (TPSA) is 40.5 Å². The van der Waals surface area contributed by atoms with Crippen molar-refractivity contribution in [3.63, 3.8) is 0 Å². The quantitative estimate of drug-likeness (QED) is 0.853. The highest BCUT2D eigenvalue weighted by molar-refractivity contribution is 6.58. The predicted molar refractivity (Wildman–Crippen MR) is 78.6 cm³/mol. The van der Waals surface area contributed by atoms with Gasteiger partial charge in [0.15, 0.2) is 0 Å². The molecule has 1 amide bonds. The third-order valence-corrected chi connectivity index (χ3v) is 5.32. The monoisotopic (exact) mass is 313 g/mol. The van der Waals surface area contributed by atoms with E-state index in [0.717, 1.165) is 12.0 Å². The number of piperidine rings is 1. The van der Waals surface area contributed by atoms with Crippen molar-refractivity contribution in [2.45, 2.75) is 42.3 Å². The van der Waals surface area contributed by atoms with Crippen LogP contribution in [-0.2, 0) is 11.3 Å². The van der Waals surface area contributed by atoms with Crippen molar-refractivity contribution in [2.24, 2.45) is 5.92 Å². The largest absolute Gasteiger partial charge is 0.393 e. The smallest absolute Gasteiger partial charge is 0.259 e. The van der Waals surface area contributed by atoms with Crippen LogP contribution in [0.4, 0.5) is 0 Å². The van der Waals surface area contributed by atoms with Crippen LogP contribution in [-0.4, -0.2) is 32.4 Å². The minimum atomic E-state index is -1.51. The van der Waals surface area contributed by atoms with E-state index in [2.05, 4.69) is 0 Å². The van der Waals surface area contributed by atoms with Gasteiger partial charge in [0.2, 0.25) is 4.33 Å². The summed E-state index contributed by atoms with van der Waals surface area (Å²) in [6.45, 7) is 0.522. The maximum absolute atomic E-state index is 12.6. The molecule has 1 N–H and O–H groups in total. The molecule has 2 bridgehead atoms. The number of aliphatic hydroxyl groups excluding tert-OH is 1. The standard InChI is InChI=1S/C15H17Cl2NO2/c16-15(17)12-8-11(6-7-13(12)19)18(14(15)20)9-10-4-2-1-3-5-10/h1-5,11-13,19H,6-9H2/t11-,12-,13-/m0/s1. The molecule has 0 unspecified atom stereocenters. The summed E-state index contributed by atoms with van der Waals surface area (Å²) in [4.78, 5) is 14.3. The lowest BCUT2D eigenvalue weighted by molar-refractivity contribution is -0.146. The second-order valence-electron chi connectivity index (χ2n) is 5.68. The van der Waals surface area contributed by atoms with Gasteiger partial charge in [-0.3, -0.25) is 4.79 Å². The van der Waals surface area contributed by atoms with Crippen molar-refractivity contribution in [2.75, 3.05) is 0 Å². The van der Waals surface area contributed by atoms with Gasteiger partial charge in [-0.25, -0.2) is 0 Å². The molecule has 108 valence electrons. The number of carbonyl (C=O) groups excluding carboxylic acids is 1. The van der Waals surface area contributed by atoms with Gasteiger partial charge >= 0.3 is 0 Å². The van der Waals surface area contributed by atoms with E-state index in [1.165, 1.54) is 0 Å². The first-order valence-corrected chi connectivity index (χ1v) is 7.66. The van der Waals surface area contributed by atoms with Crippen molar-refractivity contribution in [1.29, 1.82) is 0 Å². The number of halogens is 2. The Bertz CT molecular complexity index is 506. The first-order valence-electron chi connectivity index (χ1n) is 6.91. The molecule has 2 fully saturated rings. The van der Waals surface area contributed by atoms with Crippen LogP contribution in [0.2, 0.25) is 0 Å². The summed E-state index contributed by atoms with van der Waals surface area (Å²) in [6.07, 6.45) is 1.55. The van der Waals surface area contributed by atoms with Gasteiger partial charge in [0.1, 0.15) is 0 Å². The number of alkyl halides is 2. The zero-order valence-corrected chi connectivity index (χ0v) is 12.5. The molecule has 20 heavy (non-hydrogen) atoms. The molecule has 3 atom stereocenters. The third kappa shape index (κ3) is 2.32. The highest BCUT2D eigenvalue weighted by Gasteiger charge is 2.55. The first-order chi connectivity index (χ1) is 9.50. The normalized spacial score (nSPS) is 32.2. The lowest BCUT2D eigenvalue weighted by atomic mass is 9.76. The van der Waals surface area contributed by atoms with Gasteiger partial charge in [0.25, 0.3) is 5.91 Å². The Morgan fingerprint density at radius 1 is 1.25 bits per heavy atom. The number of aliphatic hydroxyl groups is 1. The number of benzene rings is 1. The van der Waals surface area contributed by atoms with Gasteiger partial charge in [0, 0.05) is 18.5 Å². The number of likely N-dealkylation sites (tertiary alicyclic amines) is 1. The lowest BCUT2D eigenvalue weighted by Gasteiger charge is -2.50. The number of hydrogen-bond acceptors (Lipinski definition) is 2. The molecule has 3 rings (SSSR count). The first kappa shape index (κ1) is 14.2. The molecule has 1 aromatic carbocycles. The number of fused-ring (bicyclic) bond motifs is 2. The van der Waals surface area contributed by atoms with Crippen LogP contribution in [0.3, 0.4) is 0 Å². The molecule has 1 aliphatic carbocycles. The summed E-state index contributed by atoms with van der Waals surface area (Å²) in [7, 11) is 0. The van der Waals surface area contributed by atoms with Crippen LogP contribution in [0.5, 0.6) is 0 Å². The number of amides is 1. The van der Waals surface area contributed by atoms with Crippen LogP contribution in [0, 0.1) is 5.92 Å². The molecular formula is C15H17Cl2NO2. The van der Waals surface area contributed by atoms with Crippen LogP contribution in [0.25, 0.3) is 0 Å². The van der Waals surface area contributed by atoms with Crippen LogP contribution >= 0.6 is 23.2 Å².